The van der Waals surface area contributed by atoms with Gasteiger partial charge in [0, 0.05) is 25.1 Å². The maximum Gasteiger partial charge on any atom is 0.248 e. The summed E-state index contributed by atoms with van der Waals surface area (Å²) in [4.78, 5) is 14.1. The Kier molecular flexibility index (Phi) is 5.01. The van der Waals surface area contributed by atoms with Crippen LogP contribution >= 0.6 is 0 Å². The summed E-state index contributed by atoms with van der Waals surface area (Å²) in [6, 6.07) is 0.240. The fourth-order valence-corrected chi connectivity index (χ4v) is 3.40. The molecule has 18 heavy (non-hydrogen) atoms. The van der Waals surface area contributed by atoms with Crippen LogP contribution in [0.25, 0.3) is 0 Å². The first kappa shape index (κ1) is 13.8. The van der Waals surface area contributed by atoms with Gasteiger partial charge in [0.25, 0.3) is 0 Å². The molecule has 1 N–H and O–H groups in total. The van der Waals surface area contributed by atoms with Crippen LogP contribution in [0.15, 0.2) is 0 Å². The molecule has 4 heteroatoms. The fraction of sp³-hybridized carbons (Fsp3) is 0.929. The summed E-state index contributed by atoms with van der Waals surface area (Å²) in [6.45, 7) is 3.51. The molecule has 0 aromatic carbocycles. The van der Waals surface area contributed by atoms with E-state index in [0.29, 0.717) is 6.61 Å². The summed E-state index contributed by atoms with van der Waals surface area (Å²) in [5.41, 5.74) is 0. The van der Waals surface area contributed by atoms with E-state index in [2.05, 4.69) is 0 Å². The number of aliphatic hydroxyl groups excluding tert-OH is 1. The lowest BCUT2D eigenvalue weighted by Gasteiger charge is -2.40. The van der Waals surface area contributed by atoms with Gasteiger partial charge in [0.1, 0.15) is 6.61 Å². The standard InChI is InChI=1S/C14H25NO3/c1-2-18-10-14(17)15-9-4-3-7-12(15)11-6-5-8-13(11)16/h11-13,16H,2-10H2,1H3. The lowest BCUT2D eigenvalue weighted by atomic mass is 9.87. The molecule has 2 aliphatic rings. The summed E-state index contributed by atoms with van der Waals surface area (Å²) in [7, 11) is 0. The molecule has 0 radical (unpaired) electrons. The van der Waals surface area contributed by atoms with E-state index in [0.717, 1.165) is 38.6 Å². The molecule has 1 saturated heterocycles. The van der Waals surface area contributed by atoms with Crippen molar-refractivity contribution in [2.45, 2.75) is 57.6 Å². The maximum absolute atomic E-state index is 12.2. The molecule has 0 spiro atoms. The van der Waals surface area contributed by atoms with E-state index < -0.39 is 0 Å². The van der Waals surface area contributed by atoms with Gasteiger partial charge in [0.2, 0.25) is 5.91 Å². The number of amides is 1. The number of likely N-dealkylation sites (tertiary alicyclic amines) is 1. The number of hydrogen-bond acceptors (Lipinski definition) is 3. The lowest BCUT2D eigenvalue weighted by Crippen LogP contribution is -2.50. The molecular formula is C14H25NO3. The minimum atomic E-state index is -0.213. The van der Waals surface area contributed by atoms with Gasteiger partial charge in [-0.05, 0) is 39.0 Å². The highest BCUT2D eigenvalue weighted by atomic mass is 16.5. The zero-order valence-electron chi connectivity index (χ0n) is 11.3. The molecule has 104 valence electrons. The van der Waals surface area contributed by atoms with Crippen LogP contribution < -0.4 is 0 Å². The molecule has 0 aromatic heterocycles. The first-order valence-electron chi connectivity index (χ1n) is 7.29. The van der Waals surface area contributed by atoms with Gasteiger partial charge >= 0.3 is 0 Å². The predicted octanol–water partition coefficient (Wildman–Crippen LogP) is 1.56. The Morgan fingerprint density at radius 1 is 1.28 bits per heavy atom. The highest BCUT2D eigenvalue weighted by molar-refractivity contribution is 5.78. The van der Waals surface area contributed by atoms with Gasteiger partial charge in [-0.2, -0.15) is 0 Å². The molecule has 2 fully saturated rings. The number of carbonyl (C=O) groups is 1. The molecule has 3 unspecified atom stereocenters. The maximum atomic E-state index is 12.2. The van der Waals surface area contributed by atoms with E-state index in [1.165, 1.54) is 6.42 Å². The van der Waals surface area contributed by atoms with Gasteiger partial charge in [-0.15, -0.1) is 0 Å². The van der Waals surface area contributed by atoms with Gasteiger partial charge < -0.3 is 14.7 Å². The van der Waals surface area contributed by atoms with E-state index >= 15 is 0 Å². The molecule has 3 atom stereocenters. The highest BCUT2D eigenvalue weighted by Crippen LogP contribution is 2.35. The molecule has 1 amide bonds. The monoisotopic (exact) mass is 255 g/mol. The zero-order valence-corrected chi connectivity index (χ0v) is 11.3. The van der Waals surface area contributed by atoms with Crippen molar-refractivity contribution in [2.75, 3.05) is 19.8 Å². The van der Waals surface area contributed by atoms with Crippen molar-refractivity contribution in [1.82, 2.24) is 4.90 Å². The number of ether oxygens (including phenoxy) is 1. The molecule has 4 nitrogen and oxygen atoms in total. The van der Waals surface area contributed by atoms with Crippen LogP contribution in [0.3, 0.4) is 0 Å². The quantitative estimate of drug-likeness (QED) is 0.829. The van der Waals surface area contributed by atoms with E-state index in [1.807, 2.05) is 11.8 Å². The van der Waals surface area contributed by atoms with Crippen molar-refractivity contribution >= 4 is 5.91 Å². The average Bonchev–Trinajstić information content (AvgIpc) is 2.82. The molecule has 2 rings (SSSR count). The van der Waals surface area contributed by atoms with E-state index in [9.17, 15) is 9.90 Å². The van der Waals surface area contributed by atoms with Crippen molar-refractivity contribution in [3.63, 3.8) is 0 Å². The van der Waals surface area contributed by atoms with E-state index in [4.69, 9.17) is 4.74 Å². The number of aliphatic hydroxyl groups is 1. The Hall–Kier alpha value is -0.610. The number of hydrogen-bond donors (Lipinski definition) is 1. The number of piperidine rings is 1. The zero-order chi connectivity index (χ0) is 13.0. The van der Waals surface area contributed by atoms with Gasteiger partial charge in [0.05, 0.1) is 6.10 Å². The Bertz CT molecular complexity index is 282. The highest BCUT2D eigenvalue weighted by Gasteiger charge is 2.38. The van der Waals surface area contributed by atoms with Crippen LogP contribution in [0.4, 0.5) is 0 Å². The molecule has 0 bridgehead atoms. The molecular weight excluding hydrogens is 230 g/mol. The van der Waals surface area contributed by atoms with Gasteiger partial charge in [-0.1, -0.05) is 6.42 Å². The van der Waals surface area contributed by atoms with Crippen molar-refractivity contribution < 1.29 is 14.6 Å². The van der Waals surface area contributed by atoms with Crippen molar-refractivity contribution in [3.8, 4) is 0 Å². The summed E-state index contributed by atoms with van der Waals surface area (Å²) >= 11 is 0. The van der Waals surface area contributed by atoms with E-state index in [1.54, 1.807) is 0 Å². The average molecular weight is 255 g/mol. The van der Waals surface area contributed by atoms with Crippen LogP contribution in [0.1, 0.15) is 45.4 Å². The smallest absolute Gasteiger partial charge is 0.248 e. The third-order valence-electron chi connectivity index (χ3n) is 4.33. The third-order valence-corrected chi connectivity index (χ3v) is 4.33. The Morgan fingerprint density at radius 3 is 2.78 bits per heavy atom. The van der Waals surface area contributed by atoms with Crippen molar-refractivity contribution in [2.24, 2.45) is 5.92 Å². The van der Waals surface area contributed by atoms with Gasteiger partial charge in [-0.3, -0.25) is 4.79 Å². The number of nitrogens with zero attached hydrogens (tertiary/aromatic N) is 1. The summed E-state index contributed by atoms with van der Waals surface area (Å²) < 4.78 is 5.23. The second kappa shape index (κ2) is 6.53. The second-order valence-corrected chi connectivity index (χ2v) is 5.45. The van der Waals surface area contributed by atoms with E-state index in [-0.39, 0.29) is 30.6 Å². The Labute approximate surface area is 109 Å². The van der Waals surface area contributed by atoms with Crippen LogP contribution in [0, 0.1) is 5.92 Å². The van der Waals surface area contributed by atoms with Crippen LogP contribution in [0.5, 0.6) is 0 Å². The summed E-state index contributed by atoms with van der Waals surface area (Å²) in [5, 5.41) is 10.0. The normalized spacial score (nSPS) is 32.8. The summed E-state index contributed by atoms with van der Waals surface area (Å²) in [6.07, 6.45) is 6.13. The minimum Gasteiger partial charge on any atom is -0.393 e. The second-order valence-electron chi connectivity index (χ2n) is 5.45. The van der Waals surface area contributed by atoms with Crippen LogP contribution in [-0.2, 0) is 9.53 Å². The molecule has 1 aliphatic heterocycles. The van der Waals surface area contributed by atoms with Gasteiger partial charge in [-0.25, -0.2) is 0 Å². The number of carbonyl (C=O) groups excluding carboxylic acids is 1. The molecule has 1 saturated carbocycles. The van der Waals surface area contributed by atoms with Crippen molar-refractivity contribution in [3.05, 3.63) is 0 Å². The first-order chi connectivity index (χ1) is 8.74. The topological polar surface area (TPSA) is 49.8 Å². The largest absolute Gasteiger partial charge is 0.393 e. The molecule has 1 heterocycles. The summed E-state index contributed by atoms with van der Waals surface area (Å²) in [5.74, 6) is 0.386. The lowest BCUT2D eigenvalue weighted by molar-refractivity contribution is -0.142. The molecule has 1 aliphatic carbocycles. The van der Waals surface area contributed by atoms with Gasteiger partial charge in [0.15, 0.2) is 0 Å². The van der Waals surface area contributed by atoms with Crippen molar-refractivity contribution in [1.29, 1.82) is 0 Å². The number of rotatable bonds is 4. The Morgan fingerprint density at radius 2 is 2.11 bits per heavy atom. The first-order valence-corrected chi connectivity index (χ1v) is 7.29. The SMILES string of the molecule is CCOCC(=O)N1CCCCC1C1CCCC1O. The molecule has 0 aromatic rings. The third kappa shape index (κ3) is 3.04. The van der Waals surface area contributed by atoms with Crippen LogP contribution in [0.2, 0.25) is 0 Å². The fourth-order valence-electron chi connectivity index (χ4n) is 3.40. The Balaban J connectivity index is 1.98. The predicted molar refractivity (Wildman–Crippen MR) is 69.2 cm³/mol. The van der Waals surface area contributed by atoms with Crippen LogP contribution in [-0.4, -0.2) is 47.8 Å². The minimum absolute atomic E-state index is 0.0978.